The lowest BCUT2D eigenvalue weighted by Gasteiger charge is -2.32. The number of carbonyl (C=O) groups is 3. The summed E-state index contributed by atoms with van der Waals surface area (Å²) in [6, 6.07) is 0. The molecule has 0 aliphatic heterocycles. The van der Waals surface area contributed by atoms with Crippen LogP contribution in [0.4, 0.5) is 0 Å². The zero-order valence-electron chi connectivity index (χ0n) is 11.7. The van der Waals surface area contributed by atoms with Crippen molar-refractivity contribution in [2.75, 3.05) is 6.54 Å². The molecule has 0 unspecified atom stereocenters. The lowest BCUT2D eigenvalue weighted by Crippen LogP contribution is -2.46. The topological polar surface area (TPSA) is 101 Å². The number of nitrogens with one attached hydrogen (secondary N) is 2. The number of Topliss-reactive ketones (excluding diaryl/α,β-unsaturated/α-hetero) is 1. The molecule has 0 spiro atoms. The van der Waals surface area contributed by atoms with Gasteiger partial charge in [0.25, 0.3) is 5.91 Å². The zero-order valence-corrected chi connectivity index (χ0v) is 11.7. The molecular weight excluding hydrogens is 234 g/mol. The highest BCUT2D eigenvalue weighted by Gasteiger charge is 2.37. The van der Waals surface area contributed by atoms with Gasteiger partial charge in [0, 0.05) is 10.8 Å². The van der Waals surface area contributed by atoms with E-state index in [2.05, 4.69) is 5.32 Å². The summed E-state index contributed by atoms with van der Waals surface area (Å²) in [6.07, 6.45) is 0.408. The quantitative estimate of drug-likeness (QED) is 0.357. The Bertz CT molecular complexity index is 348. The summed E-state index contributed by atoms with van der Waals surface area (Å²) in [6.45, 7) is 8.43. The molecule has 0 bridgehead atoms. The van der Waals surface area contributed by atoms with Gasteiger partial charge in [0.1, 0.15) is 5.78 Å². The number of ketones is 1. The van der Waals surface area contributed by atoms with Crippen LogP contribution >= 0.6 is 0 Å². The second kappa shape index (κ2) is 5.95. The Labute approximate surface area is 108 Å². The van der Waals surface area contributed by atoms with E-state index in [1.54, 1.807) is 27.7 Å². The van der Waals surface area contributed by atoms with Crippen LogP contribution in [0.2, 0.25) is 0 Å². The minimum atomic E-state index is -0.732. The predicted molar refractivity (Wildman–Crippen MR) is 68.2 cm³/mol. The highest BCUT2D eigenvalue weighted by atomic mass is 16.2. The molecule has 0 heterocycles. The van der Waals surface area contributed by atoms with Crippen LogP contribution in [0, 0.1) is 10.8 Å². The van der Waals surface area contributed by atoms with Gasteiger partial charge in [0.05, 0.1) is 6.54 Å². The SMILES string of the molecule is CC(=O)C(C)(C)CC(C)(C)C(=O)NCC(=O)NN. The Morgan fingerprint density at radius 2 is 1.56 bits per heavy atom. The first-order valence-corrected chi connectivity index (χ1v) is 5.82. The molecule has 0 aliphatic rings. The summed E-state index contributed by atoms with van der Waals surface area (Å²) in [5.74, 6) is 4.20. The summed E-state index contributed by atoms with van der Waals surface area (Å²) in [5.41, 5.74) is 0.626. The largest absolute Gasteiger partial charge is 0.347 e. The van der Waals surface area contributed by atoms with Gasteiger partial charge < -0.3 is 5.32 Å². The molecule has 0 aliphatic carbocycles. The van der Waals surface area contributed by atoms with Crippen molar-refractivity contribution >= 4 is 17.6 Å². The number of hydrogen-bond donors (Lipinski definition) is 3. The van der Waals surface area contributed by atoms with Gasteiger partial charge in [-0.15, -0.1) is 0 Å². The van der Waals surface area contributed by atoms with E-state index in [1.807, 2.05) is 5.43 Å². The van der Waals surface area contributed by atoms with Gasteiger partial charge in [-0.1, -0.05) is 27.7 Å². The first-order valence-electron chi connectivity index (χ1n) is 5.82. The maximum absolute atomic E-state index is 11.9. The molecule has 4 N–H and O–H groups in total. The number of nitrogens with two attached hydrogens (primary N) is 1. The monoisotopic (exact) mass is 257 g/mol. The summed E-state index contributed by atoms with van der Waals surface area (Å²) in [4.78, 5) is 34.3. The van der Waals surface area contributed by atoms with Gasteiger partial charge in [-0.2, -0.15) is 0 Å². The molecule has 0 radical (unpaired) electrons. The van der Waals surface area contributed by atoms with Gasteiger partial charge in [0.2, 0.25) is 5.91 Å². The molecule has 0 fully saturated rings. The van der Waals surface area contributed by atoms with E-state index >= 15 is 0 Å². The fourth-order valence-corrected chi connectivity index (χ4v) is 1.76. The molecule has 2 amide bonds. The van der Waals surface area contributed by atoms with Crippen LogP contribution in [0.15, 0.2) is 0 Å². The van der Waals surface area contributed by atoms with Crippen molar-refractivity contribution in [1.29, 1.82) is 0 Å². The molecule has 0 aromatic carbocycles. The second-order valence-electron chi connectivity index (χ2n) is 5.75. The third kappa shape index (κ3) is 4.83. The molecular formula is C12H23N3O3. The third-order valence-electron chi connectivity index (χ3n) is 3.02. The van der Waals surface area contributed by atoms with Crippen LogP contribution in [-0.4, -0.2) is 24.1 Å². The van der Waals surface area contributed by atoms with Crippen molar-refractivity contribution in [1.82, 2.24) is 10.7 Å². The summed E-state index contributed by atoms with van der Waals surface area (Å²) < 4.78 is 0. The van der Waals surface area contributed by atoms with Crippen LogP contribution in [0.3, 0.4) is 0 Å². The molecule has 104 valence electrons. The molecule has 6 nitrogen and oxygen atoms in total. The van der Waals surface area contributed by atoms with Crippen molar-refractivity contribution in [2.24, 2.45) is 16.7 Å². The smallest absolute Gasteiger partial charge is 0.253 e. The second-order valence-corrected chi connectivity index (χ2v) is 5.75. The maximum atomic E-state index is 11.9. The predicted octanol–water partition coefficient (Wildman–Crippen LogP) is 0.124. The molecule has 0 aromatic rings. The normalized spacial score (nSPS) is 11.9. The Morgan fingerprint density at radius 3 is 1.94 bits per heavy atom. The number of carbonyl (C=O) groups excluding carboxylic acids is 3. The lowest BCUT2D eigenvalue weighted by atomic mass is 9.72. The van der Waals surface area contributed by atoms with Gasteiger partial charge in [-0.25, -0.2) is 5.84 Å². The van der Waals surface area contributed by atoms with Crippen LogP contribution in [0.1, 0.15) is 41.0 Å². The summed E-state index contributed by atoms with van der Waals surface area (Å²) in [5, 5.41) is 2.49. The van der Waals surface area contributed by atoms with E-state index < -0.39 is 16.7 Å². The fourth-order valence-electron chi connectivity index (χ4n) is 1.76. The Balaban J connectivity index is 4.58. The lowest BCUT2D eigenvalue weighted by molar-refractivity contribution is -0.135. The highest BCUT2D eigenvalue weighted by Crippen LogP contribution is 2.34. The molecule has 0 atom stereocenters. The standard InChI is InChI=1S/C12H23N3O3/c1-8(16)11(2,3)7-12(4,5)10(18)14-6-9(17)15-13/h6-7,13H2,1-5H3,(H,14,18)(H,15,17). The number of amides is 2. The van der Waals surface area contributed by atoms with Gasteiger partial charge in [-0.3, -0.25) is 19.8 Å². The van der Waals surface area contributed by atoms with E-state index in [0.29, 0.717) is 6.42 Å². The van der Waals surface area contributed by atoms with Crippen molar-refractivity contribution in [2.45, 2.75) is 41.0 Å². The van der Waals surface area contributed by atoms with Crippen molar-refractivity contribution in [3.8, 4) is 0 Å². The van der Waals surface area contributed by atoms with Crippen molar-refractivity contribution in [3.05, 3.63) is 0 Å². The average molecular weight is 257 g/mol. The molecule has 0 saturated heterocycles. The van der Waals surface area contributed by atoms with E-state index in [1.165, 1.54) is 6.92 Å². The summed E-state index contributed by atoms with van der Waals surface area (Å²) >= 11 is 0. The molecule has 18 heavy (non-hydrogen) atoms. The highest BCUT2D eigenvalue weighted by molar-refractivity contribution is 5.88. The zero-order chi connectivity index (χ0) is 14.6. The van der Waals surface area contributed by atoms with Crippen molar-refractivity contribution < 1.29 is 14.4 Å². The van der Waals surface area contributed by atoms with Gasteiger partial charge in [-0.05, 0) is 13.3 Å². The molecule has 0 rings (SSSR count). The van der Waals surface area contributed by atoms with E-state index in [0.717, 1.165) is 0 Å². The van der Waals surface area contributed by atoms with E-state index in [9.17, 15) is 14.4 Å². The number of hydrogen-bond acceptors (Lipinski definition) is 4. The Hall–Kier alpha value is -1.43. The van der Waals surface area contributed by atoms with Crippen LogP contribution < -0.4 is 16.6 Å². The molecule has 6 heteroatoms. The van der Waals surface area contributed by atoms with E-state index in [4.69, 9.17) is 5.84 Å². The van der Waals surface area contributed by atoms with Crippen LogP contribution in [-0.2, 0) is 14.4 Å². The third-order valence-corrected chi connectivity index (χ3v) is 3.02. The fraction of sp³-hybridized carbons (Fsp3) is 0.750. The van der Waals surface area contributed by atoms with Gasteiger partial charge >= 0.3 is 0 Å². The molecule has 0 saturated carbocycles. The van der Waals surface area contributed by atoms with Crippen LogP contribution in [0.25, 0.3) is 0 Å². The number of hydrazine groups is 1. The first kappa shape index (κ1) is 16.6. The van der Waals surface area contributed by atoms with Gasteiger partial charge in [0.15, 0.2) is 0 Å². The average Bonchev–Trinajstić information content (AvgIpc) is 2.23. The maximum Gasteiger partial charge on any atom is 0.253 e. The minimum Gasteiger partial charge on any atom is -0.347 e. The Morgan fingerprint density at radius 1 is 1.06 bits per heavy atom. The molecule has 0 aromatic heterocycles. The number of rotatable bonds is 6. The summed E-state index contributed by atoms with van der Waals surface area (Å²) in [7, 11) is 0. The Kier molecular flexibility index (Phi) is 5.48. The van der Waals surface area contributed by atoms with Crippen molar-refractivity contribution in [3.63, 3.8) is 0 Å². The van der Waals surface area contributed by atoms with E-state index in [-0.39, 0.29) is 18.2 Å². The first-order chi connectivity index (χ1) is 8.03. The van der Waals surface area contributed by atoms with Crippen LogP contribution in [0.5, 0.6) is 0 Å². The minimum absolute atomic E-state index is 0.0306.